The molecule has 1 N–H and O–H groups in total. The third-order valence-corrected chi connectivity index (χ3v) is 5.46. The van der Waals surface area contributed by atoms with Gasteiger partial charge in [-0.15, -0.1) is 0 Å². The van der Waals surface area contributed by atoms with Gasteiger partial charge in [-0.05, 0) is 50.8 Å². The van der Waals surface area contributed by atoms with E-state index >= 15 is 0 Å². The van der Waals surface area contributed by atoms with Gasteiger partial charge in [0.2, 0.25) is 10.0 Å². The van der Waals surface area contributed by atoms with Crippen molar-refractivity contribution in [3.05, 3.63) is 52.4 Å². The minimum atomic E-state index is -3.58. The van der Waals surface area contributed by atoms with Gasteiger partial charge in [0.1, 0.15) is 5.76 Å². The number of nitrogens with one attached hydrogen (secondary N) is 1. The number of nitrogens with zero attached hydrogens (tertiary/aromatic N) is 1. The summed E-state index contributed by atoms with van der Waals surface area (Å²) in [6.45, 7) is 2.01. The highest BCUT2D eigenvalue weighted by Gasteiger charge is 2.22. The summed E-state index contributed by atoms with van der Waals surface area (Å²) in [5, 5.41) is 0. The average Bonchev–Trinajstić information content (AvgIpc) is 2.95. The number of rotatable bonds is 6. The molecular formula is C15H19BrN2O3S. The molecule has 1 unspecified atom stereocenters. The first-order valence-electron chi connectivity index (χ1n) is 6.77. The quantitative estimate of drug-likeness (QED) is 0.828. The largest absolute Gasteiger partial charge is 0.468 e. The smallest absolute Gasteiger partial charge is 0.240 e. The van der Waals surface area contributed by atoms with Crippen LogP contribution in [0.4, 0.5) is 0 Å². The zero-order chi connectivity index (χ0) is 16.3. The van der Waals surface area contributed by atoms with Gasteiger partial charge in [0.05, 0.1) is 17.2 Å². The minimum absolute atomic E-state index is 0.169. The molecule has 1 aromatic heterocycles. The van der Waals surface area contributed by atoms with Crippen LogP contribution >= 0.6 is 15.9 Å². The molecule has 0 saturated carbocycles. The van der Waals surface area contributed by atoms with Gasteiger partial charge < -0.3 is 4.42 Å². The molecule has 2 rings (SSSR count). The van der Waals surface area contributed by atoms with Crippen LogP contribution in [0.3, 0.4) is 0 Å². The first-order valence-corrected chi connectivity index (χ1v) is 9.04. The van der Waals surface area contributed by atoms with Crippen molar-refractivity contribution in [2.45, 2.75) is 17.9 Å². The van der Waals surface area contributed by atoms with E-state index in [0.717, 1.165) is 10.2 Å². The van der Waals surface area contributed by atoms with Crippen molar-refractivity contribution in [3.8, 4) is 0 Å². The summed E-state index contributed by atoms with van der Waals surface area (Å²) in [5.74, 6) is 0.721. The van der Waals surface area contributed by atoms with Crippen LogP contribution in [0.25, 0.3) is 0 Å². The number of hydrogen-bond acceptors (Lipinski definition) is 4. The fourth-order valence-corrected chi connectivity index (χ4v) is 3.97. The maximum Gasteiger partial charge on any atom is 0.240 e. The molecule has 0 saturated heterocycles. The molecule has 0 amide bonds. The summed E-state index contributed by atoms with van der Waals surface area (Å²) >= 11 is 3.31. The fourth-order valence-electron chi connectivity index (χ4n) is 2.15. The SMILES string of the molecule is Cc1ccc(Br)cc1S(=O)(=O)NCC(c1ccco1)N(C)C. The van der Waals surface area contributed by atoms with Crippen molar-refractivity contribution >= 4 is 26.0 Å². The summed E-state index contributed by atoms with van der Waals surface area (Å²) < 4.78 is 33.8. The first-order chi connectivity index (χ1) is 10.3. The summed E-state index contributed by atoms with van der Waals surface area (Å²) in [7, 11) is 0.180. The molecule has 7 heteroatoms. The van der Waals surface area contributed by atoms with Gasteiger partial charge in [-0.25, -0.2) is 13.1 Å². The summed E-state index contributed by atoms with van der Waals surface area (Å²) in [6, 6.07) is 8.66. The van der Waals surface area contributed by atoms with Gasteiger partial charge in [-0.3, -0.25) is 4.90 Å². The second-order valence-corrected chi connectivity index (χ2v) is 7.91. The Morgan fingerprint density at radius 3 is 2.64 bits per heavy atom. The Morgan fingerprint density at radius 1 is 1.32 bits per heavy atom. The van der Waals surface area contributed by atoms with Crippen LogP contribution in [0.5, 0.6) is 0 Å². The lowest BCUT2D eigenvalue weighted by Crippen LogP contribution is -2.34. The van der Waals surface area contributed by atoms with Crippen molar-refractivity contribution in [2.24, 2.45) is 0 Å². The maximum absolute atomic E-state index is 12.5. The van der Waals surface area contributed by atoms with Gasteiger partial charge in [-0.2, -0.15) is 0 Å². The molecule has 2 aromatic rings. The van der Waals surface area contributed by atoms with Crippen molar-refractivity contribution < 1.29 is 12.8 Å². The van der Waals surface area contributed by atoms with E-state index in [4.69, 9.17) is 4.42 Å². The molecular weight excluding hydrogens is 368 g/mol. The van der Waals surface area contributed by atoms with E-state index in [-0.39, 0.29) is 17.5 Å². The molecule has 0 aliphatic heterocycles. The van der Waals surface area contributed by atoms with E-state index < -0.39 is 10.0 Å². The van der Waals surface area contributed by atoms with Crippen LogP contribution in [0, 0.1) is 6.92 Å². The Hall–Kier alpha value is -1.15. The Kier molecular flexibility index (Phi) is 5.44. The standard InChI is InChI=1S/C15H19BrN2O3S/c1-11-6-7-12(16)9-15(11)22(19,20)17-10-13(18(2)3)14-5-4-8-21-14/h4-9,13,17H,10H2,1-3H3. The molecule has 0 bridgehead atoms. The van der Waals surface area contributed by atoms with Crippen molar-refractivity contribution in [1.29, 1.82) is 0 Å². The summed E-state index contributed by atoms with van der Waals surface area (Å²) in [4.78, 5) is 2.19. The lowest BCUT2D eigenvalue weighted by molar-refractivity contribution is 0.259. The summed E-state index contributed by atoms with van der Waals surface area (Å²) in [5.41, 5.74) is 0.704. The van der Waals surface area contributed by atoms with E-state index in [2.05, 4.69) is 20.7 Å². The van der Waals surface area contributed by atoms with E-state index in [9.17, 15) is 8.42 Å². The molecule has 120 valence electrons. The molecule has 0 fully saturated rings. The Labute approximate surface area is 139 Å². The normalized spacial score (nSPS) is 13.5. The Bertz CT molecular complexity index is 727. The number of halogens is 1. The molecule has 0 radical (unpaired) electrons. The number of benzene rings is 1. The number of likely N-dealkylation sites (N-methyl/N-ethyl adjacent to an activating group) is 1. The van der Waals surface area contributed by atoms with E-state index in [1.165, 1.54) is 0 Å². The lowest BCUT2D eigenvalue weighted by Gasteiger charge is -2.22. The van der Waals surface area contributed by atoms with E-state index in [1.807, 2.05) is 31.1 Å². The molecule has 5 nitrogen and oxygen atoms in total. The van der Waals surface area contributed by atoms with Gasteiger partial charge in [0, 0.05) is 11.0 Å². The molecule has 1 heterocycles. The predicted molar refractivity (Wildman–Crippen MR) is 89.2 cm³/mol. The monoisotopic (exact) mass is 386 g/mol. The lowest BCUT2D eigenvalue weighted by atomic mass is 10.2. The van der Waals surface area contributed by atoms with Crippen molar-refractivity contribution in [1.82, 2.24) is 9.62 Å². The van der Waals surface area contributed by atoms with Crippen LogP contribution in [0.1, 0.15) is 17.4 Å². The zero-order valence-corrected chi connectivity index (χ0v) is 15.1. The number of aryl methyl sites for hydroxylation is 1. The van der Waals surface area contributed by atoms with Crippen LogP contribution in [0.2, 0.25) is 0 Å². The van der Waals surface area contributed by atoms with Gasteiger partial charge in [0.15, 0.2) is 0 Å². The molecule has 0 spiro atoms. The Morgan fingerprint density at radius 2 is 2.05 bits per heavy atom. The summed E-state index contributed by atoms with van der Waals surface area (Å²) in [6.07, 6.45) is 1.58. The average molecular weight is 387 g/mol. The molecule has 0 aliphatic rings. The van der Waals surface area contributed by atoms with E-state index in [0.29, 0.717) is 5.56 Å². The highest BCUT2D eigenvalue weighted by atomic mass is 79.9. The second-order valence-electron chi connectivity index (χ2n) is 5.26. The molecule has 1 atom stereocenters. The maximum atomic E-state index is 12.5. The predicted octanol–water partition coefficient (Wildman–Crippen LogP) is 2.93. The van der Waals surface area contributed by atoms with Crippen molar-refractivity contribution in [2.75, 3.05) is 20.6 Å². The topological polar surface area (TPSA) is 62.6 Å². The highest BCUT2D eigenvalue weighted by molar-refractivity contribution is 9.10. The van der Waals surface area contributed by atoms with Gasteiger partial charge in [0.25, 0.3) is 0 Å². The van der Waals surface area contributed by atoms with Crippen molar-refractivity contribution in [3.63, 3.8) is 0 Å². The molecule has 0 aliphatic carbocycles. The molecule has 22 heavy (non-hydrogen) atoms. The zero-order valence-electron chi connectivity index (χ0n) is 12.7. The fraction of sp³-hybridized carbons (Fsp3) is 0.333. The third-order valence-electron chi connectivity index (χ3n) is 3.40. The van der Waals surface area contributed by atoms with Gasteiger partial charge >= 0.3 is 0 Å². The first kappa shape index (κ1) is 17.2. The van der Waals surface area contributed by atoms with Crippen LogP contribution in [0.15, 0.2) is 50.4 Å². The minimum Gasteiger partial charge on any atom is -0.468 e. The van der Waals surface area contributed by atoms with Crippen LogP contribution in [-0.2, 0) is 10.0 Å². The number of sulfonamides is 1. The van der Waals surface area contributed by atoms with Gasteiger partial charge in [-0.1, -0.05) is 22.0 Å². The Balaban J connectivity index is 2.20. The second kappa shape index (κ2) is 6.95. The molecule has 1 aromatic carbocycles. The van der Waals surface area contributed by atoms with Crippen LogP contribution in [-0.4, -0.2) is 34.0 Å². The number of furan rings is 1. The van der Waals surface area contributed by atoms with Crippen LogP contribution < -0.4 is 4.72 Å². The third kappa shape index (κ3) is 3.98. The van der Waals surface area contributed by atoms with E-state index in [1.54, 1.807) is 31.4 Å². The number of hydrogen-bond donors (Lipinski definition) is 1. The highest BCUT2D eigenvalue weighted by Crippen LogP contribution is 2.22.